The highest BCUT2D eigenvalue weighted by molar-refractivity contribution is 5.74. The lowest BCUT2D eigenvalue weighted by Crippen LogP contribution is -2.53. The largest absolute Gasteiger partial charge is 0.388 e. The Balaban J connectivity index is 1.58. The van der Waals surface area contributed by atoms with Crippen LogP contribution in [0.1, 0.15) is 51.9 Å². The van der Waals surface area contributed by atoms with E-state index in [4.69, 9.17) is 0 Å². The van der Waals surface area contributed by atoms with E-state index in [-0.39, 0.29) is 12.1 Å². The maximum Gasteiger partial charge on any atom is 0.315 e. The number of unbranched alkanes of at least 4 members (excludes halogenated alkanes) is 1. The van der Waals surface area contributed by atoms with E-state index in [2.05, 4.69) is 22.5 Å². The Morgan fingerprint density at radius 3 is 2.60 bits per heavy atom. The first kappa shape index (κ1) is 15.6. The highest BCUT2D eigenvalue weighted by Gasteiger charge is 2.34. The van der Waals surface area contributed by atoms with Gasteiger partial charge in [-0.3, -0.25) is 0 Å². The highest BCUT2D eigenvalue weighted by atomic mass is 16.3. The molecule has 0 aromatic rings. The molecule has 0 unspecified atom stereocenters. The predicted molar refractivity (Wildman–Crippen MR) is 79.7 cm³/mol. The molecule has 2 rings (SSSR count). The Bertz CT molecular complexity index is 310. The molecule has 0 spiro atoms. The summed E-state index contributed by atoms with van der Waals surface area (Å²) in [4.78, 5) is 14.3. The number of likely N-dealkylation sites (tertiary alicyclic amines) is 1. The van der Waals surface area contributed by atoms with Crippen molar-refractivity contribution in [3.05, 3.63) is 0 Å². The second-order valence-electron chi connectivity index (χ2n) is 6.37. The quantitative estimate of drug-likeness (QED) is 0.691. The summed E-state index contributed by atoms with van der Waals surface area (Å²) in [6, 6.07) is 0.154. The molecule has 1 heterocycles. The first-order valence-corrected chi connectivity index (χ1v) is 8.10. The molecule has 1 saturated heterocycles. The second kappa shape index (κ2) is 7.27. The van der Waals surface area contributed by atoms with Gasteiger partial charge >= 0.3 is 6.03 Å². The molecular weight excluding hydrogens is 254 g/mol. The van der Waals surface area contributed by atoms with Gasteiger partial charge in [0.2, 0.25) is 0 Å². The molecule has 0 radical (unpaired) electrons. The van der Waals surface area contributed by atoms with Crippen molar-refractivity contribution >= 4 is 6.03 Å². The monoisotopic (exact) mass is 283 g/mol. The van der Waals surface area contributed by atoms with Gasteiger partial charge in [-0.1, -0.05) is 13.3 Å². The number of rotatable bonds is 6. The van der Waals surface area contributed by atoms with Crippen LogP contribution >= 0.6 is 0 Å². The molecule has 0 aromatic heterocycles. The fourth-order valence-corrected chi connectivity index (χ4v) is 2.93. The smallest absolute Gasteiger partial charge is 0.315 e. The fourth-order valence-electron chi connectivity index (χ4n) is 2.93. The predicted octanol–water partition coefficient (Wildman–Crippen LogP) is 1.47. The molecule has 2 amide bonds. The molecule has 2 fully saturated rings. The van der Waals surface area contributed by atoms with Crippen molar-refractivity contribution < 1.29 is 9.90 Å². The van der Waals surface area contributed by atoms with Crippen LogP contribution in [-0.4, -0.2) is 53.9 Å². The Hall–Kier alpha value is -0.810. The summed E-state index contributed by atoms with van der Waals surface area (Å²) in [5.74, 6) is 0. The van der Waals surface area contributed by atoms with Crippen molar-refractivity contribution in [2.75, 3.05) is 26.2 Å². The Labute approximate surface area is 122 Å². The minimum atomic E-state index is -0.638. The molecule has 3 N–H and O–H groups in total. The van der Waals surface area contributed by atoms with Crippen LogP contribution in [0.5, 0.6) is 0 Å². The van der Waals surface area contributed by atoms with Gasteiger partial charge in [0.05, 0.1) is 5.60 Å². The molecule has 20 heavy (non-hydrogen) atoms. The van der Waals surface area contributed by atoms with Crippen LogP contribution < -0.4 is 10.6 Å². The Morgan fingerprint density at radius 1 is 1.35 bits per heavy atom. The molecule has 1 aliphatic heterocycles. The zero-order valence-electron chi connectivity index (χ0n) is 12.7. The summed E-state index contributed by atoms with van der Waals surface area (Å²) in [6.07, 6.45) is 7.24. The van der Waals surface area contributed by atoms with Gasteiger partial charge in [-0.15, -0.1) is 0 Å². The van der Waals surface area contributed by atoms with Gasteiger partial charge in [0.15, 0.2) is 0 Å². The summed E-state index contributed by atoms with van der Waals surface area (Å²) in [6.45, 7) is 5.94. The van der Waals surface area contributed by atoms with Crippen LogP contribution in [0.2, 0.25) is 0 Å². The molecule has 116 valence electrons. The molecular formula is C15H29N3O2. The standard InChI is InChI=1S/C15H29N3O2/c1-2-3-9-18-10-5-13(6-11-18)17-14(19)16-12-15(20)7-4-8-15/h13,20H,2-12H2,1H3,(H2,16,17,19). The van der Waals surface area contributed by atoms with E-state index in [9.17, 15) is 9.90 Å². The van der Waals surface area contributed by atoms with Crippen LogP contribution in [0.25, 0.3) is 0 Å². The topological polar surface area (TPSA) is 64.6 Å². The Kier molecular flexibility index (Phi) is 5.66. The molecule has 5 heteroatoms. The number of aliphatic hydroxyl groups is 1. The second-order valence-corrected chi connectivity index (χ2v) is 6.37. The highest BCUT2D eigenvalue weighted by Crippen LogP contribution is 2.30. The number of carbonyl (C=O) groups is 1. The first-order chi connectivity index (χ1) is 9.61. The number of piperidine rings is 1. The summed E-state index contributed by atoms with van der Waals surface area (Å²) < 4.78 is 0. The number of hydrogen-bond donors (Lipinski definition) is 3. The molecule has 0 atom stereocenters. The lowest BCUT2D eigenvalue weighted by Gasteiger charge is -2.37. The number of carbonyl (C=O) groups excluding carboxylic acids is 1. The van der Waals surface area contributed by atoms with Crippen LogP contribution in [0.4, 0.5) is 4.79 Å². The number of nitrogens with zero attached hydrogens (tertiary/aromatic N) is 1. The lowest BCUT2D eigenvalue weighted by molar-refractivity contribution is -0.0290. The van der Waals surface area contributed by atoms with Crippen molar-refractivity contribution in [3.8, 4) is 0 Å². The van der Waals surface area contributed by atoms with E-state index in [0.717, 1.165) is 45.2 Å². The average Bonchev–Trinajstić information content (AvgIpc) is 2.42. The van der Waals surface area contributed by atoms with E-state index in [0.29, 0.717) is 6.54 Å². The minimum Gasteiger partial charge on any atom is -0.388 e. The molecule has 2 aliphatic rings. The van der Waals surface area contributed by atoms with Gasteiger partial charge in [-0.05, 0) is 45.1 Å². The maximum absolute atomic E-state index is 11.8. The third-order valence-electron chi connectivity index (χ3n) is 4.61. The molecule has 1 aliphatic carbocycles. The van der Waals surface area contributed by atoms with Gasteiger partial charge in [0.25, 0.3) is 0 Å². The Morgan fingerprint density at radius 2 is 2.05 bits per heavy atom. The molecule has 1 saturated carbocycles. The van der Waals surface area contributed by atoms with Crippen molar-refractivity contribution in [3.63, 3.8) is 0 Å². The summed E-state index contributed by atoms with van der Waals surface area (Å²) in [5, 5.41) is 15.8. The van der Waals surface area contributed by atoms with Crippen molar-refractivity contribution in [1.29, 1.82) is 0 Å². The molecule has 0 bridgehead atoms. The van der Waals surface area contributed by atoms with Crippen molar-refractivity contribution in [1.82, 2.24) is 15.5 Å². The first-order valence-electron chi connectivity index (χ1n) is 8.10. The van der Waals surface area contributed by atoms with Gasteiger partial charge in [-0.2, -0.15) is 0 Å². The lowest BCUT2D eigenvalue weighted by atomic mass is 9.80. The van der Waals surface area contributed by atoms with E-state index in [1.54, 1.807) is 0 Å². The van der Waals surface area contributed by atoms with Crippen molar-refractivity contribution in [2.45, 2.75) is 63.5 Å². The number of amides is 2. The fraction of sp³-hybridized carbons (Fsp3) is 0.933. The zero-order chi connectivity index (χ0) is 14.4. The van der Waals surface area contributed by atoms with Crippen LogP contribution in [0, 0.1) is 0 Å². The zero-order valence-corrected chi connectivity index (χ0v) is 12.7. The van der Waals surface area contributed by atoms with Crippen LogP contribution in [0.15, 0.2) is 0 Å². The maximum atomic E-state index is 11.8. The third-order valence-corrected chi connectivity index (χ3v) is 4.61. The average molecular weight is 283 g/mol. The summed E-state index contributed by atoms with van der Waals surface area (Å²) in [7, 11) is 0. The SMILES string of the molecule is CCCCN1CCC(NC(=O)NCC2(O)CCC2)CC1. The van der Waals surface area contributed by atoms with E-state index in [1.165, 1.54) is 19.4 Å². The third kappa shape index (κ3) is 4.63. The van der Waals surface area contributed by atoms with Gasteiger partial charge in [0, 0.05) is 25.7 Å². The van der Waals surface area contributed by atoms with E-state index >= 15 is 0 Å². The van der Waals surface area contributed by atoms with Crippen LogP contribution in [0.3, 0.4) is 0 Å². The summed E-state index contributed by atoms with van der Waals surface area (Å²) >= 11 is 0. The minimum absolute atomic E-state index is 0.127. The molecule has 5 nitrogen and oxygen atoms in total. The normalized spacial score (nSPS) is 23.1. The van der Waals surface area contributed by atoms with Gasteiger partial charge in [0.1, 0.15) is 0 Å². The number of hydrogen-bond acceptors (Lipinski definition) is 3. The van der Waals surface area contributed by atoms with Gasteiger partial charge in [-0.25, -0.2) is 4.79 Å². The number of urea groups is 1. The van der Waals surface area contributed by atoms with Gasteiger partial charge < -0.3 is 20.6 Å². The summed E-state index contributed by atoms with van der Waals surface area (Å²) in [5.41, 5.74) is -0.638. The van der Waals surface area contributed by atoms with E-state index in [1.807, 2.05) is 0 Å². The van der Waals surface area contributed by atoms with Crippen molar-refractivity contribution in [2.24, 2.45) is 0 Å². The van der Waals surface area contributed by atoms with E-state index < -0.39 is 5.60 Å². The van der Waals surface area contributed by atoms with Crippen LogP contribution in [-0.2, 0) is 0 Å². The number of nitrogens with one attached hydrogen (secondary N) is 2. The molecule has 0 aromatic carbocycles.